The van der Waals surface area contributed by atoms with Gasteiger partial charge in [-0.1, -0.05) is 0 Å². The molecular formula is C9H8N4O2S. The highest BCUT2D eigenvalue weighted by Crippen LogP contribution is 2.30. The first-order valence-corrected chi connectivity index (χ1v) is 5.14. The number of hydrogen-bond donors (Lipinski definition) is 3. The van der Waals surface area contributed by atoms with E-state index < -0.39 is 5.97 Å². The molecule has 0 saturated carbocycles. The molecule has 7 heteroatoms. The second-order valence-corrected chi connectivity index (χ2v) is 3.98. The zero-order valence-corrected chi connectivity index (χ0v) is 8.86. The van der Waals surface area contributed by atoms with E-state index in [1.165, 1.54) is 30.2 Å². The SMILES string of the molecule is Nc1ccc(C(=O)O)cc1Sc1ncn[nH]1. The molecule has 2 rings (SSSR count). The molecule has 4 N–H and O–H groups in total. The van der Waals surface area contributed by atoms with Crippen molar-refractivity contribution in [2.24, 2.45) is 0 Å². The van der Waals surface area contributed by atoms with Crippen LogP contribution in [0.25, 0.3) is 0 Å². The Bertz CT molecular complexity index is 512. The number of nitrogen functional groups attached to an aromatic ring is 1. The summed E-state index contributed by atoms with van der Waals surface area (Å²) in [6.07, 6.45) is 1.37. The van der Waals surface area contributed by atoms with Gasteiger partial charge in [-0.05, 0) is 30.0 Å². The summed E-state index contributed by atoms with van der Waals surface area (Å²) in [4.78, 5) is 15.3. The molecule has 0 spiro atoms. The molecule has 6 nitrogen and oxygen atoms in total. The lowest BCUT2D eigenvalue weighted by molar-refractivity contribution is 0.0696. The van der Waals surface area contributed by atoms with Crippen molar-refractivity contribution in [3.05, 3.63) is 30.1 Å². The number of nitrogens with one attached hydrogen (secondary N) is 1. The predicted octanol–water partition coefficient (Wildman–Crippen LogP) is 1.24. The van der Waals surface area contributed by atoms with Crippen molar-refractivity contribution in [1.29, 1.82) is 0 Å². The Morgan fingerprint density at radius 3 is 2.94 bits per heavy atom. The van der Waals surface area contributed by atoms with Crippen LogP contribution in [0.2, 0.25) is 0 Å². The van der Waals surface area contributed by atoms with Crippen molar-refractivity contribution in [3.63, 3.8) is 0 Å². The Kier molecular flexibility index (Phi) is 2.78. The number of carboxylic acid groups (broad SMARTS) is 1. The Morgan fingerprint density at radius 2 is 2.31 bits per heavy atom. The average Bonchev–Trinajstić information content (AvgIpc) is 2.73. The molecule has 0 fully saturated rings. The zero-order valence-electron chi connectivity index (χ0n) is 8.04. The van der Waals surface area contributed by atoms with E-state index in [9.17, 15) is 4.79 Å². The minimum absolute atomic E-state index is 0.191. The van der Waals surface area contributed by atoms with Gasteiger partial charge < -0.3 is 10.8 Å². The highest BCUT2D eigenvalue weighted by molar-refractivity contribution is 7.99. The van der Waals surface area contributed by atoms with Gasteiger partial charge >= 0.3 is 5.97 Å². The van der Waals surface area contributed by atoms with Crippen molar-refractivity contribution >= 4 is 23.4 Å². The number of benzene rings is 1. The molecular weight excluding hydrogens is 228 g/mol. The highest BCUT2D eigenvalue weighted by atomic mass is 32.2. The lowest BCUT2D eigenvalue weighted by atomic mass is 10.2. The summed E-state index contributed by atoms with van der Waals surface area (Å²) in [6.45, 7) is 0. The van der Waals surface area contributed by atoms with Crippen LogP contribution in [0.3, 0.4) is 0 Å². The number of hydrogen-bond acceptors (Lipinski definition) is 5. The summed E-state index contributed by atoms with van der Waals surface area (Å²) in [5.74, 6) is -0.987. The third-order valence-electron chi connectivity index (χ3n) is 1.86. The fourth-order valence-corrected chi connectivity index (χ4v) is 1.88. The van der Waals surface area contributed by atoms with E-state index in [0.29, 0.717) is 15.7 Å². The molecule has 0 aliphatic heterocycles. The maximum Gasteiger partial charge on any atom is 0.335 e. The van der Waals surface area contributed by atoms with Gasteiger partial charge in [0.25, 0.3) is 0 Å². The number of rotatable bonds is 3. The predicted molar refractivity (Wildman–Crippen MR) is 58.3 cm³/mol. The van der Waals surface area contributed by atoms with Gasteiger partial charge in [0.2, 0.25) is 0 Å². The van der Waals surface area contributed by atoms with Gasteiger partial charge in [0.05, 0.1) is 5.56 Å². The van der Waals surface area contributed by atoms with E-state index in [1.807, 2.05) is 0 Å². The Balaban J connectivity index is 2.32. The van der Waals surface area contributed by atoms with Crippen LogP contribution < -0.4 is 5.73 Å². The van der Waals surface area contributed by atoms with E-state index in [-0.39, 0.29) is 5.56 Å². The molecule has 82 valence electrons. The van der Waals surface area contributed by atoms with Crippen LogP contribution in [0, 0.1) is 0 Å². The Hall–Kier alpha value is -2.02. The number of aromatic carboxylic acids is 1. The van der Waals surface area contributed by atoms with Crippen molar-refractivity contribution in [2.45, 2.75) is 10.1 Å². The van der Waals surface area contributed by atoms with Crippen molar-refractivity contribution in [1.82, 2.24) is 15.2 Å². The molecule has 0 atom stereocenters. The van der Waals surface area contributed by atoms with E-state index in [1.54, 1.807) is 6.07 Å². The third-order valence-corrected chi connectivity index (χ3v) is 2.82. The first-order valence-electron chi connectivity index (χ1n) is 4.33. The number of nitrogens with two attached hydrogens (primary N) is 1. The zero-order chi connectivity index (χ0) is 11.5. The van der Waals surface area contributed by atoms with E-state index in [4.69, 9.17) is 10.8 Å². The van der Waals surface area contributed by atoms with Gasteiger partial charge in [-0.3, -0.25) is 5.10 Å². The quantitative estimate of drug-likeness (QED) is 0.692. The second-order valence-electron chi connectivity index (χ2n) is 2.95. The largest absolute Gasteiger partial charge is 0.478 e. The second kappa shape index (κ2) is 4.23. The van der Waals surface area contributed by atoms with Gasteiger partial charge in [-0.2, -0.15) is 5.10 Å². The average molecular weight is 236 g/mol. The van der Waals surface area contributed by atoms with E-state index in [2.05, 4.69) is 15.2 Å². The lowest BCUT2D eigenvalue weighted by Gasteiger charge is -2.03. The summed E-state index contributed by atoms with van der Waals surface area (Å²) >= 11 is 1.23. The molecule has 1 aromatic heterocycles. The third kappa shape index (κ3) is 2.14. The molecule has 0 aliphatic carbocycles. The van der Waals surface area contributed by atoms with Crippen LogP contribution in [-0.4, -0.2) is 26.3 Å². The number of aromatic nitrogens is 3. The minimum Gasteiger partial charge on any atom is -0.478 e. The molecule has 0 unspecified atom stereocenters. The van der Waals surface area contributed by atoms with Gasteiger partial charge in [-0.15, -0.1) is 0 Å². The van der Waals surface area contributed by atoms with Crippen LogP contribution in [0.4, 0.5) is 5.69 Å². The number of H-pyrrole nitrogens is 1. The van der Waals surface area contributed by atoms with Gasteiger partial charge in [0.1, 0.15) is 6.33 Å². The standard InChI is InChI=1S/C9H8N4O2S/c10-6-2-1-5(8(14)15)3-7(6)16-9-11-4-12-13-9/h1-4H,10H2,(H,14,15)(H,11,12,13). The molecule has 0 saturated heterocycles. The number of carbonyl (C=O) groups is 1. The fourth-order valence-electron chi connectivity index (χ4n) is 1.10. The molecule has 0 amide bonds. The van der Waals surface area contributed by atoms with Crippen LogP contribution in [0.5, 0.6) is 0 Å². The maximum absolute atomic E-state index is 10.8. The van der Waals surface area contributed by atoms with Crippen LogP contribution in [0.1, 0.15) is 10.4 Å². The number of nitrogens with zero attached hydrogens (tertiary/aromatic N) is 2. The topological polar surface area (TPSA) is 105 Å². The molecule has 0 aliphatic rings. The molecule has 0 bridgehead atoms. The Labute approximate surface area is 94.9 Å². The number of anilines is 1. The van der Waals surface area contributed by atoms with Crippen LogP contribution >= 0.6 is 11.8 Å². The highest BCUT2D eigenvalue weighted by Gasteiger charge is 2.09. The summed E-state index contributed by atoms with van der Waals surface area (Å²) in [6, 6.07) is 4.52. The number of aromatic amines is 1. The molecule has 1 heterocycles. The van der Waals surface area contributed by atoms with Crippen LogP contribution in [-0.2, 0) is 0 Å². The summed E-state index contributed by atoms with van der Waals surface area (Å²) in [7, 11) is 0. The summed E-state index contributed by atoms with van der Waals surface area (Å²) in [5, 5.41) is 15.8. The molecule has 0 radical (unpaired) electrons. The van der Waals surface area contributed by atoms with Crippen LogP contribution in [0.15, 0.2) is 34.6 Å². The normalized spacial score (nSPS) is 10.2. The van der Waals surface area contributed by atoms with Crippen molar-refractivity contribution in [3.8, 4) is 0 Å². The lowest BCUT2D eigenvalue weighted by Crippen LogP contribution is -1.98. The smallest absolute Gasteiger partial charge is 0.335 e. The minimum atomic E-state index is -0.987. The van der Waals surface area contributed by atoms with Gasteiger partial charge in [0.15, 0.2) is 5.16 Å². The summed E-state index contributed by atoms with van der Waals surface area (Å²) in [5.41, 5.74) is 6.43. The monoisotopic (exact) mass is 236 g/mol. The maximum atomic E-state index is 10.8. The molecule has 16 heavy (non-hydrogen) atoms. The van der Waals surface area contributed by atoms with Crippen molar-refractivity contribution in [2.75, 3.05) is 5.73 Å². The molecule has 1 aromatic carbocycles. The molecule has 2 aromatic rings. The van der Waals surface area contributed by atoms with E-state index >= 15 is 0 Å². The van der Waals surface area contributed by atoms with E-state index in [0.717, 1.165) is 0 Å². The van der Waals surface area contributed by atoms with Crippen molar-refractivity contribution < 1.29 is 9.90 Å². The first kappa shape index (κ1) is 10.5. The number of carboxylic acids is 1. The fraction of sp³-hybridized carbons (Fsp3) is 0. The summed E-state index contributed by atoms with van der Waals surface area (Å²) < 4.78 is 0. The van der Waals surface area contributed by atoms with Gasteiger partial charge in [0, 0.05) is 10.6 Å². The van der Waals surface area contributed by atoms with Gasteiger partial charge in [-0.25, -0.2) is 9.78 Å². The Morgan fingerprint density at radius 1 is 1.50 bits per heavy atom. The first-order chi connectivity index (χ1) is 7.66.